The molecule has 4 heteroatoms. The Labute approximate surface area is 113 Å². The zero-order valence-corrected chi connectivity index (χ0v) is 12.1. The van der Waals surface area contributed by atoms with Crippen molar-refractivity contribution in [3.8, 4) is 0 Å². The number of nitrogens with zero attached hydrogens (tertiary/aromatic N) is 1. The zero-order chi connectivity index (χ0) is 13.0. The molecule has 0 saturated carbocycles. The van der Waals surface area contributed by atoms with E-state index < -0.39 is 0 Å². The lowest BCUT2D eigenvalue weighted by Crippen LogP contribution is -2.37. The molecule has 0 atom stereocenters. The smallest absolute Gasteiger partial charge is 0.263 e. The summed E-state index contributed by atoms with van der Waals surface area (Å²) in [7, 11) is 1.93. The summed E-state index contributed by atoms with van der Waals surface area (Å²) in [6.45, 7) is 5.17. The van der Waals surface area contributed by atoms with Crippen LogP contribution < -0.4 is 5.32 Å². The molecule has 0 spiro atoms. The first-order chi connectivity index (χ1) is 8.72. The molecular weight excluding hydrogens is 244 g/mol. The topological polar surface area (TPSA) is 32.3 Å². The number of rotatable bonds is 4. The van der Waals surface area contributed by atoms with Crippen molar-refractivity contribution in [2.45, 2.75) is 26.2 Å². The van der Waals surface area contributed by atoms with Crippen molar-refractivity contribution >= 4 is 17.2 Å². The van der Waals surface area contributed by atoms with Gasteiger partial charge in [-0.2, -0.15) is 0 Å². The van der Waals surface area contributed by atoms with Gasteiger partial charge in [0, 0.05) is 13.6 Å². The molecular formula is C14H22N2OS. The SMILES string of the molecule is CCc1ccsc1C(=O)N(C)CC1CCNCC1. The van der Waals surface area contributed by atoms with E-state index in [2.05, 4.69) is 18.3 Å². The Balaban J connectivity index is 1.95. The second-order valence-electron chi connectivity index (χ2n) is 5.01. The number of carbonyl (C=O) groups excluding carboxylic acids is 1. The van der Waals surface area contributed by atoms with Crippen LogP contribution in [0.25, 0.3) is 0 Å². The molecule has 0 bridgehead atoms. The van der Waals surface area contributed by atoms with Crippen molar-refractivity contribution in [2.75, 3.05) is 26.7 Å². The molecule has 1 amide bonds. The van der Waals surface area contributed by atoms with Gasteiger partial charge in [-0.3, -0.25) is 4.79 Å². The Morgan fingerprint density at radius 2 is 2.22 bits per heavy atom. The van der Waals surface area contributed by atoms with E-state index >= 15 is 0 Å². The van der Waals surface area contributed by atoms with Gasteiger partial charge in [-0.15, -0.1) is 11.3 Å². The Hall–Kier alpha value is -0.870. The van der Waals surface area contributed by atoms with Crippen molar-refractivity contribution in [3.63, 3.8) is 0 Å². The van der Waals surface area contributed by atoms with Gasteiger partial charge in [0.05, 0.1) is 4.88 Å². The van der Waals surface area contributed by atoms with Gasteiger partial charge in [-0.1, -0.05) is 6.92 Å². The maximum atomic E-state index is 12.4. The molecule has 1 N–H and O–H groups in total. The summed E-state index contributed by atoms with van der Waals surface area (Å²) < 4.78 is 0. The summed E-state index contributed by atoms with van der Waals surface area (Å²) in [6.07, 6.45) is 3.30. The lowest BCUT2D eigenvalue weighted by atomic mass is 9.97. The Morgan fingerprint density at radius 3 is 2.89 bits per heavy atom. The molecule has 0 aromatic carbocycles. The van der Waals surface area contributed by atoms with Gasteiger partial charge in [-0.05, 0) is 55.3 Å². The van der Waals surface area contributed by atoms with Gasteiger partial charge in [0.1, 0.15) is 0 Å². The quantitative estimate of drug-likeness (QED) is 0.907. The average Bonchev–Trinajstić information content (AvgIpc) is 2.87. The fourth-order valence-corrected chi connectivity index (χ4v) is 3.50. The summed E-state index contributed by atoms with van der Waals surface area (Å²) in [5, 5.41) is 5.38. The first-order valence-corrected chi connectivity index (χ1v) is 7.63. The minimum absolute atomic E-state index is 0.195. The Kier molecular flexibility index (Phi) is 4.78. The lowest BCUT2D eigenvalue weighted by Gasteiger charge is -2.27. The largest absolute Gasteiger partial charge is 0.341 e. The minimum atomic E-state index is 0.195. The van der Waals surface area contributed by atoms with E-state index in [1.165, 1.54) is 18.4 Å². The fraction of sp³-hybridized carbons (Fsp3) is 0.643. The number of hydrogen-bond acceptors (Lipinski definition) is 3. The van der Waals surface area contributed by atoms with Gasteiger partial charge < -0.3 is 10.2 Å². The molecule has 1 aliphatic rings. The fourth-order valence-electron chi connectivity index (χ4n) is 2.51. The van der Waals surface area contributed by atoms with Crippen molar-refractivity contribution in [2.24, 2.45) is 5.92 Å². The van der Waals surface area contributed by atoms with Gasteiger partial charge in [0.15, 0.2) is 0 Å². The molecule has 1 aromatic heterocycles. The maximum absolute atomic E-state index is 12.4. The number of amides is 1. The molecule has 2 heterocycles. The summed E-state index contributed by atoms with van der Waals surface area (Å²) in [5.41, 5.74) is 1.18. The van der Waals surface area contributed by atoms with Crippen LogP contribution in [0.1, 0.15) is 35.0 Å². The van der Waals surface area contributed by atoms with E-state index in [-0.39, 0.29) is 5.91 Å². The number of aryl methyl sites for hydroxylation is 1. The molecule has 1 aliphatic heterocycles. The third-order valence-electron chi connectivity index (χ3n) is 3.66. The molecule has 2 rings (SSSR count). The highest BCUT2D eigenvalue weighted by Gasteiger charge is 2.21. The molecule has 1 saturated heterocycles. The molecule has 1 aromatic rings. The molecule has 3 nitrogen and oxygen atoms in total. The number of carbonyl (C=O) groups is 1. The normalized spacial score (nSPS) is 16.8. The number of nitrogens with one attached hydrogen (secondary N) is 1. The summed E-state index contributed by atoms with van der Waals surface area (Å²) in [5.74, 6) is 0.852. The first kappa shape index (κ1) is 13.6. The van der Waals surface area contributed by atoms with E-state index in [1.807, 2.05) is 17.3 Å². The summed E-state index contributed by atoms with van der Waals surface area (Å²) >= 11 is 1.57. The molecule has 100 valence electrons. The van der Waals surface area contributed by atoms with Crippen molar-refractivity contribution in [3.05, 3.63) is 21.9 Å². The number of hydrogen-bond donors (Lipinski definition) is 1. The van der Waals surface area contributed by atoms with Crippen molar-refractivity contribution in [1.29, 1.82) is 0 Å². The van der Waals surface area contributed by atoms with Crippen LogP contribution in [0.15, 0.2) is 11.4 Å². The van der Waals surface area contributed by atoms with E-state index in [4.69, 9.17) is 0 Å². The van der Waals surface area contributed by atoms with E-state index in [9.17, 15) is 4.79 Å². The average molecular weight is 266 g/mol. The van der Waals surface area contributed by atoms with E-state index in [1.54, 1.807) is 11.3 Å². The van der Waals surface area contributed by atoms with Crippen LogP contribution in [0.4, 0.5) is 0 Å². The zero-order valence-electron chi connectivity index (χ0n) is 11.2. The molecule has 18 heavy (non-hydrogen) atoms. The predicted octanol–water partition coefficient (Wildman–Crippen LogP) is 2.38. The monoisotopic (exact) mass is 266 g/mol. The standard InChI is InChI=1S/C14H22N2OS/c1-3-12-6-9-18-13(12)14(17)16(2)10-11-4-7-15-8-5-11/h6,9,11,15H,3-5,7-8,10H2,1-2H3. The van der Waals surface area contributed by atoms with Gasteiger partial charge in [0.2, 0.25) is 0 Å². The molecule has 0 unspecified atom stereocenters. The highest BCUT2D eigenvalue weighted by atomic mass is 32.1. The highest BCUT2D eigenvalue weighted by molar-refractivity contribution is 7.12. The maximum Gasteiger partial charge on any atom is 0.263 e. The lowest BCUT2D eigenvalue weighted by molar-refractivity contribution is 0.0766. The van der Waals surface area contributed by atoms with Crippen LogP contribution in [0.2, 0.25) is 0 Å². The van der Waals surface area contributed by atoms with Crippen LogP contribution in [-0.2, 0) is 6.42 Å². The Bertz CT molecular complexity index is 396. The highest BCUT2D eigenvalue weighted by Crippen LogP contribution is 2.20. The first-order valence-electron chi connectivity index (χ1n) is 6.75. The van der Waals surface area contributed by atoms with E-state index in [0.29, 0.717) is 5.92 Å². The van der Waals surface area contributed by atoms with Crippen LogP contribution in [0, 0.1) is 5.92 Å². The summed E-state index contributed by atoms with van der Waals surface area (Å²) in [6, 6.07) is 2.07. The third kappa shape index (κ3) is 3.12. The third-order valence-corrected chi connectivity index (χ3v) is 4.60. The van der Waals surface area contributed by atoms with Crippen LogP contribution >= 0.6 is 11.3 Å². The molecule has 1 fully saturated rings. The minimum Gasteiger partial charge on any atom is -0.341 e. The molecule has 0 radical (unpaired) electrons. The van der Waals surface area contributed by atoms with Gasteiger partial charge >= 0.3 is 0 Å². The molecule has 0 aliphatic carbocycles. The van der Waals surface area contributed by atoms with Crippen molar-refractivity contribution < 1.29 is 4.79 Å². The van der Waals surface area contributed by atoms with Crippen LogP contribution in [0.5, 0.6) is 0 Å². The summed E-state index contributed by atoms with van der Waals surface area (Å²) in [4.78, 5) is 15.2. The second-order valence-corrected chi connectivity index (χ2v) is 5.92. The van der Waals surface area contributed by atoms with Gasteiger partial charge in [-0.25, -0.2) is 0 Å². The van der Waals surface area contributed by atoms with Crippen LogP contribution in [-0.4, -0.2) is 37.5 Å². The second kappa shape index (κ2) is 6.34. The van der Waals surface area contributed by atoms with E-state index in [0.717, 1.165) is 30.9 Å². The Morgan fingerprint density at radius 1 is 1.50 bits per heavy atom. The number of thiophene rings is 1. The number of piperidine rings is 1. The van der Waals surface area contributed by atoms with Gasteiger partial charge in [0.25, 0.3) is 5.91 Å². The van der Waals surface area contributed by atoms with Crippen molar-refractivity contribution in [1.82, 2.24) is 10.2 Å². The predicted molar refractivity (Wildman–Crippen MR) is 76.3 cm³/mol. The van der Waals surface area contributed by atoms with Crippen LogP contribution in [0.3, 0.4) is 0 Å².